The molecule has 1 aliphatic carbocycles. The van der Waals surface area contributed by atoms with Crippen molar-refractivity contribution in [2.24, 2.45) is 0 Å². The SMILES string of the molecule is Cc1cc(-c2ccccc2)nc(SCC(=O)Nc2sc3c(c2C#N)CCC3)n1. The van der Waals surface area contributed by atoms with Gasteiger partial charge in [0.15, 0.2) is 5.16 Å². The molecule has 0 fully saturated rings. The fourth-order valence-corrected chi connectivity index (χ4v) is 5.23. The predicted octanol–water partition coefficient (Wildman–Crippen LogP) is 4.60. The Balaban J connectivity index is 1.45. The molecule has 0 radical (unpaired) electrons. The molecule has 3 aromatic rings. The fourth-order valence-electron chi connectivity index (χ4n) is 3.27. The minimum Gasteiger partial charge on any atom is -0.316 e. The summed E-state index contributed by atoms with van der Waals surface area (Å²) in [4.78, 5) is 22.7. The number of benzene rings is 1. The maximum atomic E-state index is 12.4. The first-order valence-corrected chi connectivity index (χ1v) is 10.8. The van der Waals surface area contributed by atoms with Crippen LogP contribution >= 0.6 is 23.1 Å². The quantitative estimate of drug-likeness (QED) is 0.495. The van der Waals surface area contributed by atoms with E-state index in [1.54, 1.807) is 0 Å². The molecule has 0 spiro atoms. The van der Waals surface area contributed by atoms with Crippen molar-refractivity contribution in [1.29, 1.82) is 5.26 Å². The molecule has 2 aromatic heterocycles. The summed E-state index contributed by atoms with van der Waals surface area (Å²) in [6.45, 7) is 1.92. The van der Waals surface area contributed by atoms with Gasteiger partial charge in [0.05, 0.1) is 17.0 Å². The molecule has 1 N–H and O–H groups in total. The van der Waals surface area contributed by atoms with Crippen LogP contribution in [0.15, 0.2) is 41.6 Å². The topological polar surface area (TPSA) is 78.7 Å². The number of nitriles is 1. The third-order valence-corrected chi connectivity index (χ3v) is 6.58. The predicted molar refractivity (Wildman–Crippen MR) is 113 cm³/mol. The van der Waals surface area contributed by atoms with Gasteiger partial charge in [-0.25, -0.2) is 9.97 Å². The Hall–Kier alpha value is -2.69. The van der Waals surface area contributed by atoms with Gasteiger partial charge in [0, 0.05) is 16.1 Å². The lowest BCUT2D eigenvalue weighted by Gasteiger charge is -2.07. The van der Waals surface area contributed by atoms with E-state index < -0.39 is 0 Å². The molecule has 4 rings (SSSR count). The second kappa shape index (κ2) is 8.13. The van der Waals surface area contributed by atoms with Crippen LogP contribution in [0.5, 0.6) is 0 Å². The van der Waals surface area contributed by atoms with Crippen LogP contribution in [-0.4, -0.2) is 21.6 Å². The van der Waals surface area contributed by atoms with Crippen molar-refractivity contribution in [2.45, 2.75) is 31.3 Å². The van der Waals surface area contributed by atoms with Crippen LogP contribution in [0, 0.1) is 18.3 Å². The van der Waals surface area contributed by atoms with Crippen LogP contribution in [0.1, 0.15) is 28.1 Å². The number of aryl methyl sites for hydroxylation is 2. The van der Waals surface area contributed by atoms with Gasteiger partial charge in [0.1, 0.15) is 11.1 Å². The zero-order valence-electron chi connectivity index (χ0n) is 15.4. The Morgan fingerprint density at radius 3 is 2.89 bits per heavy atom. The van der Waals surface area contributed by atoms with Crippen LogP contribution in [0.4, 0.5) is 5.00 Å². The zero-order chi connectivity index (χ0) is 19.5. The monoisotopic (exact) mass is 406 g/mol. The molecule has 1 aliphatic rings. The van der Waals surface area contributed by atoms with Gasteiger partial charge in [-0.15, -0.1) is 11.3 Å². The van der Waals surface area contributed by atoms with Crippen LogP contribution in [0.25, 0.3) is 11.3 Å². The van der Waals surface area contributed by atoms with Crippen molar-refractivity contribution in [3.8, 4) is 17.3 Å². The second-order valence-corrected chi connectivity index (χ2v) is 8.60. The lowest BCUT2D eigenvalue weighted by atomic mass is 10.1. The van der Waals surface area contributed by atoms with Crippen molar-refractivity contribution in [2.75, 3.05) is 11.1 Å². The molecular weight excluding hydrogens is 388 g/mol. The zero-order valence-corrected chi connectivity index (χ0v) is 17.0. The summed E-state index contributed by atoms with van der Waals surface area (Å²) in [6.07, 6.45) is 3.02. The van der Waals surface area contributed by atoms with Gasteiger partial charge < -0.3 is 5.32 Å². The van der Waals surface area contributed by atoms with Crippen LogP contribution in [0.3, 0.4) is 0 Å². The summed E-state index contributed by atoms with van der Waals surface area (Å²) >= 11 is 2.83. The Bertz CT molecular complexity index is 1070. The highest BCUT2D eigenvalue weighted by molar-refractivity contribution is 7.99. The van der Waals surface area contributed by atoms with Gasteiger partial charge in [0.2, 0.25) is 5.91 Å². The highest BCUT2D eigenvalue weighted by atomic mass is 32.2. The van der Waals surface area contributed by atoms with Crippen LogP contribution < -0.4 is 5.32 Å². The van der Waals surface area contributed by atoms with E-state index in [0.717, 1.165) is 41.8 Å². The number of carbonyl (C=O) groups is 1. The minimum absolute atomic E-state index is 0.146. The average Bonchev–Trinajstić information content (AvgIpc) is 3.27. The number of aromatic nitrogens is 2. The van der Waals surface area contributed by atoms with Crippen molar-refractivity contribution in [1.82, 2.24) is 9.97 Å². The van der Waals surface area contributed by atoms with Gasteiger partial charge in [0.25, 0.3) is 0 Å². The molecule has 1 aromatic carbocycles. The molecule has 0 aliphatic heterocycles. The maximum Gasteiger partial charge on any atom is 0.235 e. The summed E-state index contributed by atoms with van der Waals surface area (Å²) in [6, 6.07) is 14.1. The molecule has 0 atom stereocenters. The molecule has 0 saturated carbocycles. The molecule has 0 saturated heterocycles. The summed E-state index contributed by atoms with van der Waals surface area (Å²) in [5, 5.41) is 13.6. The Labute approximate surface area is 171 Å². The van der Waals surface area contributed by atoms with E-state index >= 15 is 0 Å². The molecule has 5 nitrogen and oxygen atoms in total. The molecule has 7 heteroatoms. The number of amides is 1. The number of fused-ring (bicyclic) bond motifs is 1. The molecule has 140 valence electrons. The molecule has 0 bridgehead atoms. The summed E-state index contributed by atoms with van der Waals surface area (Å²) in [5.41, 5.74) is 4.47. The number of thiophene rings is 1. The number of carbonyl (C=O) groups excluding carboxylic acids is 1. The standard InChI is InChI=1S/C21H18N4OS2/c1-13-10-17(14-6-3-2-4-7-14)24-21(23-13)27-12-19(26)25-20-16(11-22)15-8-5-9-18(15)28-20/h2-4,6-7,10H,5,8-9,12H2,1H3,(H,25,26). The van der Waals surface area contributed by atoms with Gasteiger partial charge in [-0.2, -0.15) is 5.26 Å². The lowest BCUT2D eigenvalue weighted by molar-refractivity contribution is -0.113. The number of hydrogen-bond donors (Lipinski definition) is 1. The smallest absolute Gasteiger partial charge is 0.235 e. The molecule has 28 heavy (non-hydrogen) atoms. The Morgan fingerprint density at radius 1 is 1.29 bits per heavy atom. The third-order valence-electron chi connectivity index (χ3n) is 4.52. The normalized spacial score (nSPS) is 12.4. The lowest BCUT2D eigenvalue weighted by Crippen LogP contribution is -2.14. The second-order valence-electron chi connectivity index (χ2n) is 6.55. The number of nitrogens with zero attached hydrogens (tertiary/aromatic N) is 3. The van der Waals surface area contributed by atoms with E-state index in [1.165, 1.54) is 28.0 Å². The van der Waals surface area contributed by atoms with Crippen molar-refractivity contribution >= 4 is 34.0 Å². The molecular formula is C21H18N4OS2. The Kier molecular flexibility index (Phi) is 5.42. The highest BCUT2D eigenvalue weighted by Gasteiger charge is 2.23. The summed E-state index contributed by atoms with van der Waals surface area (Å²) in [7, 11) is 0. The van der Waals surface area contributed by atoms with E-state index in [9.17, 15) is 10.1 Å². The first kappa shape index (κ1) is 18.7. The Morgan fingerprint density at radius 2 is 2.11 bits per heavy atom. The van der Waals surface area contributed by atoms with Crippen molar-refractivity contribution in [3.63, 3.8) is 0 Å². The highest BCUT2D eigenvalue weighted by Crippen LogP contribution is 2.38. The minimum atomic E-state index is -0.146. The fraction of sp³-hybridized carbons (Fsp3) is 0.238. The van der Waals surface area contributed by atoms with Gasteiger partial charge in [-0.1, -0.05) is 42.1 Å². The van der Waals surface area contributed by atoms with Gasteiger partial charge in [-0.3, -0.25) is 4.79 Å². The largest absolute Gasteiger partial charge is 0.316 e. The first-order chi connectivity index (χ1) is 13.6. The molecule has 0 unspecified atom stereocenters. The number of hydrogen-bond acceptors (Lipinski definition) is 6. The average molecular weight is 407 g/mol. The number of anilines is 1. The van der Waals surface area contributed by atoms with E-state index in [1.807, 2.05) is 43.3 Å². The van der Waals surface area contributed by atoms with E-state index in [4.69, 9.17) is 0 Å². The van der Waals surface area contributed by atoms with E-state index in [2.05, 4.69) is 21.4 Å². The van der Waals surface area contributed by atoms with Crippen molar-refractivity contribution in [3.05, 3.63) is 58.1 Å². The third kappa shape index (κ3) is 3.93. The van der Waals surface area contributed by atoms with Crippen molar-refractivity contribution < 1.29 is 4.79 Å². The maximum absolute atomic E-state index is 12.4. The number of rotatable bonds is 5. The first-order valence-electron chi connectivity index (χ1n) is 9.02. The van der Waals surface area contributed by atoms with Crippen LogP contribution in [0.2, 0.25) is 0 Å². The summed E-state index contributed by atoms with van der Waals surface area (Å²) < 4.78 is 0. The van der Waals surface area contributed by atoms with E-state index in [0.29, 0.717) is 15.7 Å². The van der Waals surface area contributed by atoms with Gasteiger partial charge >= 0.3 is 0 Å². The van der Waals surface area contributed by atoms with Gasteiger partial charge in [-0.05, 0) is 37.8 Å². The molecule has 2 heterocycles. The molecule has 1 amide bonds. The van der Waals surface area contributed by atoms with Crippen LogP contribution in [-0.2, 0) is 17.6 Å². The summed E-state index contributed by atoms with van der Waals surface area (Å²) in [5.74, 6) is 0.0540. The number of thioether (sulfide) groups is 1. The van der Waals surface area contributed by atoms with E-state index in [-0.39, 0.29) is 11.7 Å². The number of nitrogens with one attached hydrogen (secondary N) is 1.